The highest BCUT2D eigenvalue weighted by atomic mass is 16.3. The highest BCUT2D eigenvalue weighted by molar-refractivity contribution is 6.18. The predicted octanol–water partition coefficient (Wildman–Crippen LogP) is 16.0. The van der Waals surface area contributed by atoms with Crippen molar-refractivity contribution in [2.75, 3.05) is 0 Å². The summed E-state index contributed by atoms with van der Waals surface area (Å²) in [6.07, 6.45) is 0. The molecular formula is C62H45N3O. The zero-order chi connectivity index (χ0) is 44.4. The van der Waals surface area contributed by atoms with Crippen LogP contribution in [0.3, 0.4) is 0 Å². The van der Waals surface area contributed by atoms with E-state index in [4.69, 9.17) is 19.4 Å². The van der Waals surface area contributed by atoms with Gasteiger partial charge in [-0.1, -0.05) is 169 Å². The summed E-state index contributed by atoms with van der Waals surface area (Å²) in [6.45, 7) is 14.0. The molecule has 0 unspecified atom stereocenters. The first-order valence-corrected chi connectivity index (χ1v) is 23.2. The molecule has 66 heavy (non-hydrogen) atoms. The lowest BCUT2D eigenvalue weighted by Gasteiger charge is -2.22. The van der Waals surface area contributed by atoms with Gasteiger partial charge in [0.2, 0.25) is 0 Å². The summed E-state index contributed by atoms with van der Waals surface area (Å²) >= 11 is 0. The Balaban J connectivity index is 1.03. The van der Waals surface area contributed by atoms with Crippen LogP contribution in [-0.4, -0.2) is 15.0 Å². The molecule has 0 aliphatic heterocycles. The smallest absolute Gasteiger partial charge is 0.164 e. The lowest BCUT2D eigenvalue weighted by atomic mass is 9.81. The van der Waals surface area contributed by atoms with Crippen LogP contribution in [0.4, 0.5) is 0 Å². The molecule has 4 heteroatoms. The Morgan fingerprint density at radius 1 is 0.348 bits per heavy atom. The van der Waals surface area contributed by atoms with Crippen LogP contribution in [0, 0.1) is 0 Å². The van der Waals surface area contributed by atoms with E-state index in [2.05, 4.69) is 199 Å². The minimum Gasteiger partial charge on any atom is -0.455 e. The fraction of sp³-hybridized carbons (Fsp3) is 0.145. The quantitative estimate of drug-likeness (QED) is 0.166. The van der Waals surface area contributed by atoms with Gasteiger partial charge in [0.15, 0.2) is 17.5 Å². The van der Waals surface area contributed by atoms with Gasteiger partial charge in [-0.25, -0.2) is 15.0 Å². The standard InChI is InChI=1S/C62H45N3O/c1-60(2)47-19-11-7-15-38(47)40-28-27-37(31-50(40)60)58-63-57(36-26-24-34-23-25-35-30-51-45(32-44(35)43(34)29-36)39-16-8-12-20-48(39)61(51,3)4)64-59(65-58)46-33-52-55(41-17-9-13-21-49(41)62(52,5)6)56-54(46)42-18-10-14-22-53(42)66-56/h7-33H,1-6H3. The van der Waals surface area contributed by atoms with Gasteiger partial charge in [-0.3, -0.25) is 0 Å². The van der Waals surface area contributed by atoms with Gasteiger partial charge in [0.25, 0.3) is 0 Å². The van der Waals surface area contributed by atoms with E-state index in [0.717, 1.165) is 44.2 Å². The SMILES string of the molecule is CC1(C)c2ccccc2-c2ccc(-c3nc(-c4ccc5ccc6cc7c(cc6c5c4)-c4ccccc4C7(C)C)nc(-c4cc5c(c6oc7ccccc7c46)-c4ccccc4C5(C)C)n3)cc21. The van der Waals surface area contributed by atoms with E-state index in [0.29, 0.717) is 17.5 Å². The van der Waals surface area contributed by atoms with Crippen LogP contribution >= 0.6 is 0 Å². The van der Waals surface area contributed by atoms with Gasteiger partial charge in [0, 0.05) is 49.3 Å². The Hall–Kier alpha value is -7.69. The number of rotatable bonds is 3. The molecule has 0 N–H and O–H groups in total. The van der Waals surface area contributed by atoms with Crippen LogP contribution in [0.5, 0.6) is 0 Å². The average molecular weight is 848 g/mol. The molecule has 0 atom stereocenters. The highest BCUT2D eigenvalue weighted by Gasteiger charge is 2.40. The third-order valence-corrected chi connectivity index (χ3v) is 15.7. The number of fused-ring (bicyclic) bond motifs is 16. The fourth-order valence-corrected chi connectivity index (χ4v) is 12.2. The predicted molar refractivity (Wildman–Crippen MR) is 271 cm³/mol. The Morgan fingerprint density at radius 3 is 1.61 bits per heavy atom. The number of hydrogen-bond acceptors (Lipinski definition) is 4. The van der Waals surface area contributed by atoms with E-state index < -0.39 is 0 Å². The van der Waals surface area contributed by atoms with E-state index >= 15 is 0 Å². The topological polar surface area (TPSA) is 51.8 Å². The molecule has 0 radical (unpaired) electrons. The van der Waals surface area contributed by atoms with Crippen molar-refractivity contribution in [3.63, 3.8) is 0 Å². The maximum Gasteiger partial charge on any atom is 0.164 e. The van der Waals surface area contributed by atoms with Crippen molar-refractivity contribution in [2.45, 2.75) is 57.8 Å². The molecule has 2 aromatic heterocycles. The first-order valence-electron chi connectivity index (χ1n) is 23.2. The average Bonchev–Trinajstić information content (AvgIpc) is 3.99. The van der Waals surface area contributed by atoms with Gasteiger partial charge in [-0.05, 0) is 119 Å². The van der Waals surface area contributed by atoms with Crippen molar-refractivity contribution in [3.05, 3.63) is 197 Å². The molecule has 314 valence electrons. The summed E-state index contributed by atoms with van der Waals surface area (Å²) in [6, 6.07) is 60.0. The molecular weight excluding hydrogens is 803 g/mol. The summed E-state index contributed by atoms with van der Waals surface area (Å²) in [7, 11) is 0. The van der Waals surface area contributed by atoms with Crippen molar-refractivity contribution in [1.29, 1.82) is 0 Å². The Kier molecular flexibility index (Phi) is 7.28. The molecule has 0 spiro atoms. The second-order valence-electron chi connectivity index (χ2n) is 20.3. The van der Waals surface area contributed by atoms with Crippen LogP contribution in [-0.2, 0) is 16.2 Å². The second-order valence-corrected chi connectivity index (χ2v) is 20.3. The molecule has 2 heterocycles. The summed E-state index contributed by atoms with van der Waals surface area (Å²) in [5.74, 6) is 1.90. The molecule has 0 amide bonds. The molecule has 9 aromatic carbocycles. The largest absolute Gasteiger partial charge is 0.455 e. The van der Waals surface area contributed by atoms with Crippen molar-refractivity contribution in [3.8, 4) is 67.5 Å². The Bertz CT molecular complexity index is 3980. The number of aromatic nitrogens is 3. The normalized spacial score (nSPS) is 15.5. The van der Waals surface area contributed by atoms with Crippen LogP contribution in [0.25, 0.3) is 111 Å². The molecule has 0 bridgehead atoms. The number of para-hydroxylation sites is 1. The molecule has 4 nitrogen and oxygen atoms in total. The lowest BCUT2D eigenvalue weighted by molar-refractivity contribution is 0.653. The van der Waals surface area contributed by atoms with Gasteiger partial charge in [-0.2, -0.15) is 0 Å². The summed E-state index contributed by atoms with van der Waals surface area (Å²) in [4.78, 5) is 16.5. The van der Waals surface area contributed by atoms with E-state index in [1.54, 1.807) is 0 Å². The molecule has 0 saturated carbocycles. The van der Waals surface area contributed by atoms with Gasteiger partial charge >= 0.3 is 0 Å². The van der Waals surface area contributed by atoms with Crippen LogP contribution in [0.15, 0.2) is 168 Å². The first-order chi connectivity index (χ1) is 32.0. The van der Waals surface area contributed by atoms with Gasteiger partial charge in [0.1, 0.15) is 11.2 Å². The Morgan fingerprint density at radius 2 is 0.864 bits per heavy atom. The molecule has 3 aliphatic rings. The van der Waals surface area contributed by atoms with Crippen molar-refractivity contribution in [1.82, 2.24) is 15.0 Å². The summed E-state index contributed by atoms with van der Waals surface area (Å²) in [5, 5.41) is 6.88. The lowest BCUT2D eigenvalue weighted by Crippen LogP contribution is -2.15. The summed E-state index contributed by atoms with van der Waals surface area (Å²) in [5.41, 5.74) is 19.4. The van der Waals surface area contributed by atoms with E-state index in [-0.39, 0.29) is 16.2 Å². The second kappa shape index (κ2) is 12.8. The zero-order valence-electron chi connectivity index (χ0n) is 37.8. The maximum atomic E-state index is 6.93. The van der Waals surface area contributed by atoms with Crippen LogP contribution in [0.2, 0.25) is 0 Å². The fourth-order valence-electron chi connectivity index (χ4n) is 12.2. The van der Waals surface area contributed by atoms with Crippen LogP contribution in [0.1, 0.15) is 74.9 Å². The highest BCUT2D eigenvalue weighted by Crippen LogP contribution is 2.56. The monoisotopic (exact) mass is 847 g/mol. The molecule has 11 aromatic rings. The molecule has 14 rings (SSSR count). The number of furan rings is 1. The first kappa shape index (κ1) is 37.7. The van der Waals surface area contributed by atoms with E-state index in [1.165, 1.54) is 82.7 Å². The third kappa shape index (κ3) is 4.91. The van der Waals surface area contributed by atoms with Crippen molar-refractivity contribution >= 4 is 43.5 Å². The third-order valence-electron chi connectivity index (χ3n) is 15.7. The number of benzene rings is 9. The van der Waals surface area contributed by atoms with Gasteiger partial charge < -0.3 is 4.42 Å². The Labute approximate surface area is 383 Å². The van der Waals surface area contributed by atoms with E-state index in [1.807, 2.05) is 6.07 Å². The molecule has 3 aliphatic carbocycles. The molecule has 0 fully saturated rings. The number of hydrogen-bond donors (Lipinski definition) is 0. The molecule has 0 saturated heterocycles. The minimum absolute atomic E-state index is 0.0779. The van der Waals surface area contributed by atoms with Gasteiger partial charge in [-0.15, -0.1) is 0 Å². The van der Waals surface area contributed by atoms with Gasteiger partial charge in [0.05, 0.1) is 0 Å². The zero-order valence-corrected chi connectivity index (χ0v) is 37.8. The van der Waals surface area contributed by atoms with Crippen molar-refractivity contribution < 1.29 is 4.42 Å². The minimum atomic E-state index is -0.275. The maximum absolute atomic E-state index is 6.93. The number of nitrogens with zero attached hydrogens (tertiary/aromatic N) is 3. The van der Waals surface area contributed by atoms with E-state index in [9.17, 15) is 0 Å². The summed E-state index contributed by atoms with van der Waals surface area (Å²) < 4.78 is 6.93. The van der Waals surface area contributed by atoms with Crippen molar-refractivity contribution in [2.24, 2.45) is 0 Å². The van der Waals surface area contributed by atoms with Crippen LogP contribution < -0.4 is 0 Å².